The molecule has 2 rings (SSSR count). The molecule has 16 heavy (non-hydrogen) atoms. The molecule has 3 N–H and O–H groups in total. The van der Waals surface area contributed by atoms with Crippen LogP contribution in [0.25, 0.3) is 11.0 Å². The van der Waals surface area contributed by atoms with Gasteiger partial charge >= 0.3 is 0 Å². The van der Waals surface area contributed by atoms with Crippen molar-refractivity contribution < 1.29 is 8.42 Å². The van der Waals surface area contributed by atoms with Gasteiger partial charge in [0.05, 0.1) is 16.8 Å². The second-order valence-electron chi connectivity index (χ2n) is 3.52. The van der Waals surface area contributed by atoms with Crippen LogP contribution in [0, 0.1) is 0 Å². The van der Waals surface area contributed by atoms with Gasteiger partial charge in [0.25, 0.3) is 0 Å². The fourth-order valence-corrected chi connectivity index (χ4v) is 2.69. The Morgan fingerprint density at radius 1 is 1.31 bits per heavy atom. The van der Waals surface area contributed by atoms with Crippen LogP contribution in [-0.4, -0.2) is 30.7 Å². The maximum absolute atomic E-state index is 11.8. The molecule has 0 spiro atoms. The summed E-state index contributed by atoms with van der Waals surface area (Å²) in [6, 6.07) is 7.22. The molecule has 0 atom stereocenters. The SMILES string of the molecule is NCCCS(=O)(=O)c1nc2ccccc2[nH]1. The maximum Gasteiger partial charge on any atom is 0.226 e. The number of hydrogen-bond acceptors (Lipinski definition) is 4. The molecule has 0 bridgehead atoms. The van der Waals surface area contributed by atoms with Gasteiger partial charge < -0.3 is 10.7 Å². The Kier molecular flexibility index (Phi) is 2.93. The highest BCUT2D eigenvalue weighted by Gasteiger charge is 2.17. The van der Waals surface area contributed by atoms with E-state index in [0.29, 0.717) is 18.5 Å². The van der Waals surface area contributed by atoms with Gasteiger partial charge in [-0.25, -0.2) is 13.4 Å². The van der Waals surface area contributed by atoms with E-state index in [1.165, 1.54) is 0 Å². The zero-order valence-electron chi connectivity index (χ0n) is 8.68. The highest BCUT2D eigenvalue weighted by molar-refractivity contribution is 7.91. The standard InChI is InChI=1S/C10H13N3O2S/c11-6-3-7-16(14,15)10-12-8-4-1-2-5-9(8)13-10/h1-2,4-5H,3,6-7,11H2,(H,12,13). The molecule has 5 nitrogen and oxygen atoms in total. The van der Waals surface area contributed by atoms with E-state index in [2.05, 4.69) is 9.97 Å². The van der Waals surface area contributed by atoms with Gasteiger partial charge in [0.2, 0.25) is 15.0 Å². The number of benzene rings is 1. The summed E-state index contributed by atoms with van der Waals surface area (Å²) in [5.74, 6) is 0.0311. The third-order valence-electron chi connectivity index (χ3n) is 2.28. The van der Waals surface area contributed by atoms with Crippen molar-refractivity contribution in [3.8, 4) is 0 Å². The van der Waals surface area contributed by atoms with Crippen molar-refractivity contribution >= 4 is 20.9 Å². The minimum Gasteiger partial charge on any atom is -0.330 e. The summed E-state index contributed by atoms with van der Waals surface area (Å²) in [7, 11) is -3.33. The largest absolute Gasteiger partial charge is 0.330 e. The predicted octanol–water partition coefficient (Wildman–Crippen LogP) is 0.685. The molecular formula is C10H13N3O2S. The van der Waals surface area contributed by atoms with Gasteiger partial charge in [-0.1, -0.05) is 12.1 Å². The molecule has 2 aromatic rings. The lowest BCUT2D eigenvalue weighted by Crippen LogP contribution is -2.12. The van der Waals surface area contributed by atoms with Crippen molar-refractivity contribution in [2.45, 2.75) is 11.6 Å². The van der Waals surface area contributed by atoms with Crippen molar-refractivity contribution in [2.75, 3.05) is 12.3 Å². The molecular weight excluding hydrogens is 226 g/mol. The van der Waals surface area contributed by atoms with Gasteiger partial charge in [0, 0.05) is 0 Å². The van der Waals surface area contributed by atoms with Gasteiger partial charge in [-0.3, -0.25) is 0 Å². The van der Waals surface area contributed by atoms with E-state index >= 15 is 0 Å². The summed E-state index contributed by atoms with van der Waals surface area (Å²) in [6.07, 6.45) is 0.444. The van der Waals surface area contributed by atoms with Crippen LogP contribution in [0.15, 0.2) is 29.4 Å². The number of H-pyrrole nitrogens is 1. The maximum atomic E-state index is 11.8. The lowest BCUT2D eigenvalue weighted by Gasteiger charge is -1.97. The number of aromatic nitrogens is 2. The average molecular weight is 239 g/mol. The van der Waals surface area contributed by atoms with Crippen molar-refractivity contribution in [3.05, 3.63) is 24.3 Å². The Balaban J connectivity index is 2.40. The number of rotatable bonds is 4. The van der Waals surface area contributed by atoms with E-state index < -0.39 is 9.84 Å². The first kappa shape index (κ1) is 11.1. The smallest absolute Gasteiger partial charge is 0.226 e. The summed E-state index contributed by atoms with van der Waals surface area (Å²) in [5, 5.41) is 0.0298. The first-order valence-electron chi connectivity index (χ1n) is 5.01. The van der Waals surface area contributed by atoms with Crippen LogP contribution in [0.1, 0.15) is 6.42 Å². The van der Waals surface area contributed by atoms with Crippen molar-refractivity contribution in [1.29, 1.82) is 0 Å². The normalized spacial score (nSPS) is 12.1. The third-order valence-corrected chi connectivity index (χ3v) is 3.89. The lowest BCUT2D eigenvalue weighted by atomic mass is 10.3. The summed E-state index contributed by atoms with van der Waals surface area (Å²) < 4.78 is 23.6. The molecule has 0 aliphatic carbocycles. The van der Waals surface area contributed by atoms with E-state index in [1.54, 1.807) is 12.1 Å². The summed E-state index contributed by atoms with van der Waals surface area (Å²) in [5.41, 5.74) is 6.69. The van der Waals surface area contributed by atoms with Crippen LogP contribution in [0.2, 0.25) is 0 Å². The molecule has 6 heteroatoms. The number of aromatic amines is 1. The quantitative estimate of drug-likeness (QED) is 0.821. The van der Waals surface area contributed by atoms with Crippen LogP contribution in [0.3, 0.4) is 0 Å². The van der Waals surface area contributed by atoms with Crippen molar-refractivity contribution in [2.24, 2.45) is 5.73 Å². The molecule has 0 aliphatic heterocycles. The van der Waals surface area contributed by atoms with E-state index in [1.807, 2.05) is 12.1 Å². The predicted molar refractivity (Wildman–Crippen MR) is 61.8 cm³/mol. The van der Waals surface area contributed by atoms with Gasteiger partial charge in [0.1, 0.15) is 0 Å². The van der Waals surface area contributed by atoms with E-state index in [4.69, 9.17) is 5.73 Å². The first-order valence-corrected chi connectivity index (χ1v) is 6.66. The number of nitrogens with zero attached hydrogens (tertiary/aromatic N) is 1. The van der Waals surface area contributed by atoms with E-state index in [9.17, 15) is 8.42 Å². The Hall–Kier alpha value is -1.40. The van der Waals surface area contributed by atoms with Crippen molar-refractivity contribution in [1.82, 2.24) is 9.97 Å². The van der Waals surface area contributed by atoms with Crippen LogP contribution in [-0.2, 0) is 9.84 Å². The summed E-state index contributed by atoms with van der Waals surface area (Å²) in [4.78, 5) is 6.86. The number of imidazole rings is 1. The molecule has 1 aromatic carbocycles. The van der Waals surface area contributed by atoms with E-state index in [-0.39, 0.29) is 10.9 Å². The number of nitrogens with one attached hydrogen (secondary N) is 1. The molecule has 0 amide bonds. The highest BCUT2D eigenvalue weighted by atomic mass is 32.2. The number of fused-ring (bicyclic) bond motifs is 1. The molecule has 0 saturated carbocycles. The van der Waals surface area contributed by atoms with Crippen molar-refractivity contribution in [3.63, 3.8) is 0 Å². The molecule has 0 saturated heterocycles. The molecule has 0 radical (unpaired) electrons. The summed E-state index contributed by atoms with van der Waals surface area (Å²) in [6.45, 7) is 0.361. The lowest BCUT2D eigenvalue weighted by molar-refractivity contribution is 0.587. The van der Waals surface area contributed by atoms with Crippen LogP contribution < -0.4 is 5.73 Å². The minimum absolute atomic E-state index is 0.0298. The third kappa shape index (κ3) is 2.07. The Labute approximate surface area is 93.6 Å². The molecule has 0 fully saturated rings. The van der Waals surface area contributed by atoms with Gasteiger partial charge in [0.15, 0.2) is 0 Å². The Morgan fingerprint density at radius 3 is 2.75 bits per heavy atom. The zero-order valence-corrected chi connectivity index (χ0v) is 9.50. The van der Waals surface area contributed by atoms with Crippen LogP contribution in [0.5, 0.6) is 0 Å². The zero-order chi connectivity index (χ0) is 11.6. The second-order valence-corrected chi connectivity index (χ2v) is 5.54. The number of para-hydroxylation sites is 2. The Morgan fingerprint density at radius 2 is 2.06 bits per heavy atom. The van der Waals surface area contributed by atoms with Crippen LogP contribution >= 0.6 is 0 Å². The van der Waals surface area contributed by atoms with Gasteiger partial charge in [-0.05, 0) is 25.1 Å². The minimum atomic E-state index is -3.33. The Bertz CT molecular complexity index is 556. The van der Waals surface area contributed by atoms with E-state index in [0.717, 1.165) is 5.52 Å². The first-order chi connectivity index (χ1) is 7.63. The highest BCUT2D eigenvalue weighted by Crippen LogP contribution is 2.15. The monoisotopic (exact) mass is 239 g/mol. The molecule has 1 aromatic heterocycles. The fraction of sp³-hybridized carbons (Fsp3) is 0.300. The summed E-state index contributed by atoms with van der Waals surface area (Å²) >= 11 is 0. The molecule has 1 heterocycles. The van der Waals surface area contributed by atoms with Gasteiger partial charge in [-0.15, -0.1) is 0 Å². The second kappa shape index (κ2) is 4.23. The average Bonchev–Trinajstić information content (AvgIpc) is 2.71. The fourth-order valence-electron chi connectivity index (χ4n) is 1.45. The number of sulfone groups is 1. The van der Waals surface area contributed by atoms with Gasteiger partial charge in [-0.2, -0.15) is 0 Å². The topological polar surface area (TPSA) is 88.8 Å². The molecule has 0 aliphatic rings. The molecule has 0 unspecified atom stereocenters. The molecule has 86 valence electrons. The number of nitrogens with two attached hydrogens (primary N) is 1. The number of hydrogen-bond donors (Lipinski definition) is 2. The van der Waals surface area contributed by atoms with Crippen LogP contribution in [0.4, 0.5) is 0 Å².